The Bertz CT molecular complexity index is 1670. The van der Waals surface area contributed by atoms with Crippen molar-refractivity contribution in [1.82, 2.24) is 9.55 Å². The van der Waals surface area contributed by atoms with Crippen molar-refractivity contribution in [2.24, 2.45) is 5.92 Å². The first-order valence-corrected chi connectivity index (χ1v) is 15.2. The number of nitrogens with one attached hydrogen (secondary N) is 1. The van der Waals surface area contributed by atoms with E-state index in [0.29, 0.717) is 38.2 Å². The Morgan fingerprint density at radius 2 is 1.90 bits per heavy atom. The zero-order valence-electron chi connectivity index (χ0n) is 23.2. The Balaban J connectivity index is 1.32. The Morgan fingerprint density at radius 1 is 1.12 bits per heavy atom. The number of ether oxygens (including phenoxy) is 2. The van der Waals surface area contributed by atoms with Crippen molar-refractivity contribution < 1.29 is 23.9 Å². The summed E-state index contributed by atoms with van der Waals surface area (Å²) >= 11 is 2.49. The molecule has 1 amide bonds. The molecule has 0 saturated carbocycles. The topological polar surface area (TPSA) is 117 Å². The summed E-state index contributed by atoms with van der Waals surface area (Å²) in [5.41, 5.74) is 2.47. The average molecular weight is 594 g/mol. The molecule has 1 aliphatic rings. The van der Waals surface area contributed by atoms with Gasteiger partial charge in [0.1, 0.15) is 21.3 Å². The summed E-state index contributed by atoms with van der Waals surface area (Å²) in [5.74, 6) is -0.922. The molecule has 1 aromatic carbocycles. The van der Waals surface area contributed by atoms with Crippen LogP contribution in [0.2, 0.25) is 0 Å². The number of amides is 1. The molecule has 1 N–H and O–H groups in total. The molecule has 3 aromatic heterocycles. The van der Waals surface area contributed by atoms with E-state index in [1.807, 2.05) is 30.3 Å². The zero-order chi connectivity index (χ0) is 29.1. The van der Waals surface area contributed by atoms with Crippen molar-refractivity contribution in [2.75, 3.05) is 18.5 Å². The van der Waals surface area contributed by atoms with Crippen LogP contribution in [0.4, 0.5) is 5.00 Å². The van der Waals surface area contributed by atoms with Crippen LogP contribution in [0.25, 0.3) is 10.2 Å². The van der Waals surface area contributed by atoms with E-state index < -0.39 is 23.4 Å². The van der Waals surface area contributed by atoms with Crippen LogP contribution in [-0.4, -0.2) is 40.6 Å². The minimum absolute atomic E-state index is 0.215. The Kier molecular flexibility index (Phi) is 8.65. The first-order chi connectivity index (χ1) is 19.8. The molecule has 5 rings (SSSR count). The van der Waals surface area contributed by atoms with Gasteiger partial charge >= 0.3 is 11.9 Å². The minimum Gasteiger partial charge on any atom is -0.462 e. The van der Waals surface area contributed by atoms with E-state index in [4.69, 9.17) is 9.47 Å². The highest BCUT2D eigenvalue weighted by atomic mass is 32.1. The molecular weight excluding hydrogens is 562 g/mol. The molecule has 3 heterocycles. The molecule has 1 unspecified atom stereocenters. The predicted octanol–water partition coefficient (Wildman–Crippen LogP) is 5.17. The molecule has 0 spiro atoms. The number of carbonyl (C=O) groups is 3. The largest absolute Gasteiger partial charge is 0.462 e. The molecule has 4 aromatic rings. The van der Waals surface area contributed by atoms with Crippen LogP contribution >= 0.6 is 22.7 Å². The molecule has 214 valence electrons. The summed E-state index contributed by atoms with van der Waals surface area (Å²) in [7, 11) is 0. The minimum atomic E-state index is -0.507. The molecule has 0 radical (unpaired) electrons. The highest BCUT2D eigenvalue weighted by Crippen LogP contribution is 2.40. The van der Waals surface area contributed by atoms with E-state index in [1.54, 1.807) is 13.8 Å². The van der Waals surface area contributed by atoms with Crippen LogP contribution < -0.4 is 10.9 Å². The molecule has 0 bridgehead atoms. The lowest BCUT2D eigenvalue weighted by Gasteiger charge is -2.18. The van der Waals surface area contributed by atoms with E-state index in [0.717, 1.165) is 46.6 Å². The SMILES string of the molecule is CCOC(=O)c1c(NC(=O)Cn2cnc3sc(C(=O)OCCc4ccccc4)c(C)c3c2=O)sc2c1CCC(C)C2. The third-order valence-corrected chi connectivity index (χ3v) is 9.48. The Labute approximate surface area is 245 Å². The molecule has 41 heavy (non-hydrogen) atoms. The molecule has 0 aliphatic heterocycles. The van der Waals surface area contributed by atoms with Crippen molar-refractivity contribution in [3.63, 3.8) is 0 Å². The fraction of sp³-hybridized carbons (Fsp3) is 0.367. The average Bonchev–Trinajstić information content (AvgIpc) is 3.47. The van der Waals surface area contributed by atoms with Gasteiger partial charge in [0, 0.05) is 11.3 Å². The third-order valence-electron chi connectivity index (χ3n) is 7.13. The number of carbonyl (C=O) groups excluding carboxylic acids is 3. The van der Waals surface area contributed by atoms with Crippen molar-refractivity contribution in [1.29, 1.82) is 0 Å². The summed E-state index contributed by atoms with van der Waals surface area (Å²) in [6.45, 7) is 5.75. The van der Waals surface area contributed by atoms with E-state index in [2.05, 4.69) is 17.2 Å². The maximum absolute atomic E-state index is 13.4. The second-order valence-corrected chi connectivity index (χ2v) is 12.2. The second-order valence-electron chi connectivity index (χ2n) is 10.1. The van der Waals surface area contributed by atoms with Gasteiger partial charge in [0.15, 0.2) is 0 Å². The van der Waals surface area contributed by atoms with Gasteiger partial charge in [0.25, 0.3) is 5.56 Å². The summed E-state index contributed by atoms with van der Waals surface area (Å²) in [4.78, 5) is 58.2. The lowest BCUT2D eigenvalue weighted by Crippen LogP contribution is -2.28. The van der Waals surface area contributed by atoms with Crippen LogP contribution in [0.15, 0.2) is 41.5 Å². The monoisotopic (exact) mass is 593 g/mol. The van der Waals surface area contributed by atoms with Crippen LogP contribution in [0.5, 0.6) is 0 Å². The summed E-state index contributed by atoms with van der Waals surface area (Å²) in [5, 5.41) is 3.57. The van der Waals surface area contributed by atoms with Gasteiger partial charge in [-0.25, -0.2) is 14.6 Å². The van der Waals surface area contributed by atoms with Gasteiger partial charge in [-0.3, -0.25) is 14.2 Å². The first-order valence-electron chi connectivity index (χ1n) is 13.6. The zero-order valence-corrected chi connectivity index (χ0v) is 24.8. The maximum atomic E-state index is 13.4. The summed E-state index contributed by atoms with van der Waals surface area (Å²) < 4.78 is 12.0. The number of anilines is 1. The molecule has 0 fully saturated rings. The lowest BCUT2D eigenvalue weighted by molar-refractivity contribution is -0.116. The van der Waals surface area contributed by atoms with E-state index >= 15 is 0 Å². The van der Waals surface area contributed by atoms with E-state index in [-0.39, 0.29) is 25.1 Å². The van der Waals surface area contributed by atoms with Crippen LogP contribution in [0, 0.1) is 12.8 Å². The van der Waals surface area contributed by atoms with Gasteiger partial charge in [0.05, 0.1) is 30.5 Å². The molecule has 9 nitrogen and oxygen atoms in total. The second kappa shape index (κ2) is 12.4. The number of hydrogen-bond donors (Lipinski definition) is 1. The molecule has 0 saturated heterocycles. The van der Waals surface area contributed by atoms with Crippen molar-refractivity contribution in [2.45, 2.75) is 53.0 Å². The lowest BCUT2D eigenvalue weighted by atomic mass is 9.88. The van der Waals surface area contributed by atoms with Gasteiger partial charge in [0.2, 0.25) is 5.91 Å². The summed E-state index contributed by atoms with van der Waals surface area (Å²) in [6.07, 6.45) is 4.45. The Morgan fingerprint density at radius 3 is 2.66 bits per heavy atom. The standard InChI is InChI=1S/C30H31N3O6S2/c1-4-38-29(36)24-20-11-10-17(2)14-21(20)40-27(24)32-22(34)15-33-16-31-26-23(28(33)35)18(3)25(41-26)30(37)39-13-12-19-8-6-5-7-9-19/h5-9,16-17H,4,10-15H2,1-3H3,(H,32,34). The molecule has 1 aliphatic carbocycles. The van der Waals surface area contributed by atoms with E-state index in [1.165, 1.54) is 22.2 Å². The summed E-state index contributed by atoms with van der Waals surface area (Å²) in [6, 6.07) is 9.71. The fourth-order valence-corrected chi connectivity index (χ4v) is 7.47. The quantitative estimate of drug-likeness (QED) is 0.266. The maximum Gasteiger partial charge on any atom is 0.348 e. The molecule has 1 atom stereocenters. The fourth-order valence-electron chi connectivity index (χ4n) is 5.02. The van der Waals surface area contributed by atoms with Crippen molar-refractivity contribution >= 4 is 55.7 Å². The van der Waals surface area contributed by atoms with Gasteiger partial charge in [-0.1, -0.05) is 37.3 Å². The van der Waals surface area contributed by atoms with Gasteiger partial charge < -0.3 is 14.8 Å². The van der Waals surface area contributed by atoms with Gasteiger partial charge in [-0.2, -0.15) is 0 Å². The van der Waals surface area contributed by atoms with Gasteiger partial charge in [-0.05, 0) is 55.7 Å². The highest BCUT2D eigenvalue weighted by Gasteiger charge is 2.29. The van der Waals surface area contributed by atoms with Crippen LogP contribution in [-0.2, 0) is 40.1 Å². The Hall–Kier alpha value is -3.83. The van der Waals surface area contributed by atoms with Crippen LogP contribution in [0.3, 0.4) is 0 Å². The molecule has 11 heteroatoms. The van der Waals surface area contributed by atoms with Gasteiger partial charge in [-0.15, -0.1) is 22.7 Å². The number of hydrogen-bond acceptors (Lipinski definition) is 9. The third kappa shape index (κ3) is 6.11. The van der Waals surface area contributed by atoms with Crippen molar-refractivity contribution in [3.8, 4) is 0 Å². The number of fused-ring (bicyclic) bond motifs is 2. The number of benzene rings is 1. The van der Waals surface area contributed by atoms with Crippen molar-refractivity contribution in [3.05, 3.63) is 79.0 Å². The number of rotatable bonds is 9. The number of aryl methyl sites for hydroxylation is 1. The predicted molar refractivity (Wildman–Crippen MR) is 159 cm³/mol. The number of esters is 2. The van der Waals surface area contributed by atoms with E-state index in [9.17, 15) is 19.2 Å². The first kappa shape index (κ1) is 28.7. The molecular formula is C30H31N3O6S2. The normalized spacial score (nSPS) is 14.5. The number of aromatic nitrogens is 2. The number of thiophene rings is 2. The smallest absolute Gasteiger partial charge is 0.348 e. The highest BCUT2D eigenvalue weighted by molar-refractivity contribution is 7.20. The van der Waals surface area contributed by atoms with Crippen LogP contribution in [0.1, 0.15) is 61.9 Å². The number of nitrogens with zero attached hydrogens (tertiary/aromatic N) is 2.